The number of pyridine rings is 1. The maximum absolute atomic E-state index is 4.44. The number of nitrogens with zero attached hydrogens (tertiary/aromatic N) is 1. The summed E-state index contributed by atoms with van der Waals surface area (Å²) in [6.07, 6.45) is 3.02. The van der Waals surface area contributed by atoms with E-state index < -0.39 is 0 Å². The summed E-state index contributed by atoms with van der Waals surface area (Å²) >= 11 is 1.84. The number of rotatable bonds is 6. The average molecular weight is 286 g/mol. The zero-order valence-corrected chi connectivity index (χ0v) is 13.3. The highest BCUT2D eigenvalue weighted by atomic mass is 32.2. The largest absolute Gasteiger partial charge is 0.385 e. The Labute approximate surface area is 126 Å². The van der Waals surface area contributed by atoms with Gasteiger partial charge in [0.25, 0.3) is 0 Å². The first kappa shape index (κ1) is 14.9. The molecule has 1 aromatic heterocycles. The molecule has 0 fully saturated rings. The molecule has 0 unspecified atom stereocenters. The van der Waals surface area contributed by atoms with Gasteiger partial charge in [0.2, 0.25) is 0 Å². The van der Waals surface area contributed by atoms with E-state index >= 15 is 0 Å². The van der Waals surface area contributed by atoms with Crippen molar-refractivity contribution in [3.63, 3.8) is 0 Å². The average Bonchev–Trinajstić information content (AvgIpc) is 2.47. The van der Waals surface area contributed by atoms with Gasteiger partial charge in [-0.1, -0.05) is 13.0 Å². The highest BCUT2D eigenvalue weighted by Gasteiger charge is 2.01. The highest BCUT2D eigenvalue weighted by Crippen LogP contribution is 2.24. The van der Waals surface area contributed by atoms with Crippen molar-refractivity contribution < 1.29 is 0 Å². The first-order valence-corrected chi connectivity index (χ1v) is 8.06. The van der Waals surface area contributed by atoms with Crippen molar-refractivity contribution in [2.75, 3.05) is 11.9 Å². The molecule has 0 saturated carbocycles. The molecule has 0 amide bonds. The third kappa shape index (κ3) is 4.27. The summed E-state index contributed by atoms with van der Waals surface area (Å²) in [5.41, 5.74) is 4.98. The van der Waals surface area contributed by atoms with Gasteiger partial charge in [0, 0.05) is 29.1 Å². The molecule has 0 radical (unpaired) electrons. The van der Waals surface area contributed by atoms with Crippen LogP contribution >= 0.6 is 11.8 Å². The molecule has 3 heteroatoms. The Hall–Kier alpha value is -1.48. The number of hydrogen-bond donors (Lipinski definition) is 1. The van der Waals surface area contributed by atoms with Crippen LogP contribution < -0.4 is 5.32 Å². The third-order valence-electron chi connectivity index (χ3n) is 3.26. The molecule has 2 rings (SSSR count). The van der Waals surface area contributed by atoms with Crippen molar-refractivity contribution in [3.05, 3.63) is 53.3 Å². The second kappa shape index (κ2) is 7.34. The Morgan fingerprint density at radius 2 is 1.95 bits per heavy atom. The van der Waals surface area contributed by atoms with E-state index in [1.54, 1.807) is 0 Å². The molecule has 0 aliphatic carbocycles. The van der Waals surface area contributed by atoms with Crippen molar-refractivity contribution in [1.29, 1.82) is 0 Å². The van der Waals surface area contributed by atoms with E-state index in [1.165, 1.54) is 16.0 Å². The molecule has 0 aliphatic heterocycles. The van der Waals surface area contributed by atoms with Crippen LogP contribution in [0.25, 0.3) is 0 Å². The summed E-state index contributed by atoms with van der Waals surface area (Å²) in [7, 11) is 0. The van der Waals surface area contributed by atoms with E-state index in [-0.39, 0.29) is 0 Å². The summed E-state index contributed by atoms with van der Waals surface area (Å²) in [6.45, 7) is 7.49. The highest BCUT2D eigenvalue weighted by molar-refractivity contribution is 7.98. The topological polar surface area (TPSA) is 24.9 Å². The summed E-state index contributed by atoms with van der Waals surface area (Å²) < 4.78 is 0. The van der Waals surface area contributed by atoms with Crippen LogP contribution in [0.2, 0.25) is 0 Å². The number of hydrogen-bond acceptors (Lipinski definition) is 3. The number of anilines is 1. The molecule has 0 saturated heterocycles. The Kier molecular flexibility index (Phi) is 5.48. The number of aryl methyl sites for hydroxylation is 2. The molecule has 0 atom stereocenters. The van der Waals surface area contributed by atoms with Crippen LogP contribution in [0.15, 0.2) is 41.4 Å². The lowest BCUT2D eigenvalue weighted by Crippen LogP contribution is -2.00. The first-order valence-electron chi connectivity index (χ1n) is 7.08. The predicted molar refractivity (Wildman–Crippen MR) is 88.5 cm³/mol. The summed E-state index contributed by atoms with van der Waals surface area (Å²) in [5, 5.41) is 3.40. The second-order valence-electron chi connectivity index (χ2n) is 5.00. The molecule has 0 spiro atoms. The van der Waals surface area contributed by atoms with E-state index in [9.17, 15) is 0 Å². The molecular formula is C17H22N2S. The minimum atomic E-state index is 0.907. The molecule has 1 aromatic carbocycles. The Morgan fingerprint density at radius 1 is 1.10 bits per heavy atom. The van der Waals surface area contributed by atoms with Crippen LogP contribution in [0.4, 0.5) is 5.69 Å². The molecule has 20 heavy (non-hydrogen) atoms. The van der Waals surface area contributed by atoms with Gasteiger partial charge >= 0.3 is 0 Å². The monoisotopic (exact) mass is 286 g/mol. The van der Waals surface area contributed by atoms with Gasteiger partial charge in [-0.05, 0) is 55.7 Å². The van der Waals surface area contributed by atoms with Crippen molar-refractivity contribution in [1.82, 2.24) is 4.98 Å². The molecule has 0 bridgehead atoms. The lowest BCUT2D eigenvalue weighted by Gasteiger charge is -2.07. The fourth-order valence-corrected chi connectivity index (χ4v) is 2.79. The minimum Gasteiger partial charge on any atom is -0.385 e. The Bertz CT molecular complexity index is 567. The lowest BCUT2D eigenvalue weighted by atomic mass is 10.1. The molecule has 2 nitrogen and oxygen atoms in total. The van der Waals surface area contributed by atoms with Crippen molar-refractivity contribution >= 4 is 17.4 Å². The van der Waals surface area contributed by atoms with Gasteiger partial charge in [0.05, 0.1) is 5.69 Å². The van der Waals surface area contributed by atoms with Crippen LogP contribution in [0.1, 0.15) is 30.2 Å². The van der Waals surface area contributed by atoms with Gasteiger partial charge < -0.3 is 5.32 Å². The summed E-state index contributed by atoms with van der Waals surface area (Å²) in [5.74, 6) is 0.907. The van der Waals surface area contributed by atoms with Crippen LogP contribution in [0.5, 0.6) is 0 Å². The van der Waals surface area contributed by atoms with Gasteiger partial charge in [-0.3, -0.25) is 4.98 Å². The van der Waals surface area contributed by atoms with Crippen LogP contribution in [-0.2, 0) is 5.75 Å². The van der Waals surface area contributed by atoms with Crippen LogP contribution in [0.3, 0.4) is 0 Å². The predicted octanol–water partition coefficient (Wildman–Crippen LogP) is 4.81. The lowest BCUT2D eigenvalue weighted by molar-refractivity contribution is 0.977. The summed E-state index contributed by atoms with van der Waals surface area (Å²) in [4.78, 5) is 5.75. The van der Waals surface area contributed by atoms with Crippen molar-refractivity contribution in [2.45, 2.75) is 37.8 Å². The maximum atomic E-state index is 4.44. The summed E-state index contributed by atoms with van der Waals surface area (Å²) in [6, 6.07) is 10.8. The van der Waals surface area contributed by atoms with Crippen molar-refractivity contribution in [2.24, 2.45) is 0 Å². The molecule has 1 heterocycles. The van der Waals surface area contributed by atoms with E-state index in [2.05, 4.69) is 55.3 Å². The quantitative estimate of drug-likeness (QED) is 0.771. The Balaban J connectivity index is 1.97. The second-order valence-corrected chi connectivity index (χ2v) is 6.05. The zero-order valence-electron chi connectivity index (χ0n) is 12.4. The smallest absolute Gasteiger partial charge is 0.0526 e. The van der Waals surface area contributed by atoms with E-state index in [1.807, 2.05) is 24.0 Å². The van der Waals surface area contributed by atoms with E-state index in [4.69, 9.17) is 0 Å². The standard InChI is InChI=1S/C17H22N2S/c1-4-8-18-15-7-9-19-16(11-15)12-20-17-6-5-13(2)14(3)10-17/h5-7,9-11H,4,8,12H2,1-3H3,(H,18,19). The van der Waals surface area contributed by atoms with Gasteiger partial charge in [0.1, 0.15) is 0 Å². The number of thioether (sulfide) groups is 1. The first-order chi connectivity index (χ1) is 9.69. The zero-order chi connectivity index (χ0) is 14.4. The number of aromatic nitrogens is 1. The Morgan fingerprint density at radius 3 is 2.70 bits per heavy atom. The van der Waals surface area contributed by atoms with E-state index in [0.29, 0.717) is 0 Å². The SMILES string of the molecule is CCCNc1ccnc(CSc2ccc(C)c(C)c2)c1. The van der Waals surface area contributed by atoms with Gasteiger partial charge in [0.15, 0.2) is 0 Å². The van der Waals surface area contributed by atoms with Crippen LogP contribution in [-0.4, -0.2) is 11.5 Å². The molecule has 0 aliphatic rings. The third-order valence-corrected chi connectivity index (χ3v) is 4.29. The minimum absolute atomic E-state index is 0.907. The number of nitrogens with one attached hydrogen (secondary N) is 1. The fourth-order valence-electron chi connectivity index (χ4n) is 1.90. The van der Waals surface area contributed by atoms with Gasteiger partial charge in [-0.25, -0.2) is 0 Å². The van der Waals surface area contributed by atoms with Gasteiger partial charge in [-0.15, -0.1) is 11.8 Å². The number of benzene rings is 1. The fraction of sp³-hybridized carbons (Fsp3) is 0.353. The molecule has 106 valence electrons. The maximum Gasteiger partial charge on any atom is 0.0526 e. The normalized spacial score (nSPS) is 10.6. The molecule has 1 N–H and O–H groups in total. The van der Waals surface area contributed by atoms with Crippen molar-refractivity contribution in [3.8, 4) is 0 Å². The van der Waals surface area contributed by atoms with Gasteiger partial charge in [-0.2, -0.15) is 0 Å². The molecule has 2 aromatic rings. The van der Waals surface area contributed by atoms with Crippen LogP contribution in [0, 0.1) is 13.8 Å². The molecular weight excluding hydrogens is 264 g/mol. The van der Waals surface area contributed by atoms with E-state index in [0.717, 1.165) is 30.1 Å².